The molecule has 0 aliphatic rings. The molecule has 0 aliphatic heterocycles. The Morgan fingerprint density at radius 3 is 2.69 bits per heavy atom. The highest BCUT2D eigenvalue weighted by atomic mass is 127. The van der Waals surface area contributed by atoms with Gasteiger partial charge in [-0.25, -0.2) is 0 Å². The first-order valence-corrected chi connectivity index (χ1v) is 5.29. The zero-order valence-electron chi connectivity index (χ0n) is 7.84. The third-order valence-corrected chi connectivity index (χ3v) is 2.82. The second-order valence-electron chi connectivity index (χ2n) is 3.22. The van der Waals surface area contributed by atoms with Crippen LogP contribution in [0.5, 0.6) is 5.75 Å². The van der Waals surface area contributed by atoms with Gasteiger partial charge in [-0.05, 0) is 55.0 Å². The molecule has 0 fully saturated rings. The molecule has 0 saturated heterocycles. The van der Waals surface area contributed by atoms with Crippen molar-refractivity contribution in [2.45, 2.75) is 20.3 Å². The minimum absolute atomic E-state index is 0.393. The van der Waals surface area contributed by atoms with E-state index in [1.807, 2.05) is 12.1 Å². The monoisotopic (exact) mass is 288 g/mol. The molecule has 1 aromatic rings. The molecular weight excluding hydrogens is 275 g/mol. The van der Waals surface area contributed by atoms with E-state index in [9.17, 15) is 5.11 Å². The van der Waals surface area contributed by atoms with Crippen molar-refractivity contribution >= 4 is 22.6 Å². The van der Waals surface area contributed by atoms with Crippen molar-refractivity contribution in [3.8, 4) is 5.75 Å². The van der Waals surface area contributed by atoms with Gasteiger partial charge < -0.3 is 5.11 Å². The molecule has 0 amide bonds. The highest BCUT2D eigenvalue weighted by molar-refractivity contribution is 14.1. The van der Waals surface area contributed by atoms with Crippen LogP contribution in [0.2, 0.25) is 0 Å². The fourth-order valence-corrected chi connectivity index (χ4v) is 1.76. The first kappa shape index (κ1) is 10.6. The van der Waals surface area contributed by atoms with Crippen LogP contribution in [-0.4, -0.2) is 5.11 Å². The van der Waals surface area contributed by atoms with Crippen LogP contribution >= 0.6 is 22.6 Å². The second-order valence-corrected chi connectivity index (χ2v) is 4.39. The topological polar surface area (TPSA) is 20.2 Å². The zero-order chi connectivity index (χ0) is 9.84. The molecule has 0 aromatic heterocycles. The molecule has 1 rings (SSSR count). The third-order valence-electron chi connectivity index (χ3n) is 1.81. The zero-order valence-corrected chi connectivity index (χ0v) is 10.00. The summed E-state index contributed by atoms with van der Waals surface area (Å²) >= 11 is 2.24. The van der Waals surface area contributed by atoms with Crippen LogP contribution < -0.4 is 0 Å². The summed E-state index contributed by atoms with van der Waals surface area (Å²) in [5, 5.41) is 9.57. The molecule has 0 heterocycles. The molecule has 0 radical (unpaired) electrons. The molecule has 70 valence electrons. The van der Waals surface area contributed by atoms with Gasteiger partial charge in [0.2, 0.25) is 0 Å². The third kappa shape index (κ3) is 3.03. The van der Waals surface area contributed by atoms with Crippen LogP contribution in [0.25, 0.3) is 0 Å². The summed E-state index contributed by atoms with van der Waals surface area (Å²) in [6, 6.07) is 5.61. The van der Waals surface area contributed by atoms with Crippen molar-refractivity contribution < 1.29 is 5.11 Å². The van der Waals surface area contributed by atoms with Gasteiger partial charge in [0.15, 0.2) is 0 Å². The van der Waals surface area contributed by atoms with E-state index in [0.29, 0.717) is 5.75 Å². The SMILES string of the molecule is CC(C)=CCc1c(O)cccc1I. The standard InChI is InChI=1S/C11H13IO/c1-8(2)6-7-9-10(12)4-3-5-11(9)13/h3-6,13H,7H2,1-2H3. The summed E-state index contributed by atoms with van der Waals surface area (Å²) in [6.45, 7) is 4.12. The largest absolute Gasteiger partial charge is 0.508 e. The molecule has 0 saturated carbocycles. The van der Waals surface area contributed by atoms with Crippen molar-refractivity contribution in [1.82, 2.24) is 0 Å². The molecule has 0 unspecified atom stereocenters. The lowest BCUT2D eigenvalue weighted by Crippen LogP contribution is -1.87. The van der Waals surface area contributed by atoms with Gasteiger partial charge in [0, 0.05) is 9.13 Å². The Bertz CT molecular complexity index is 305. The van der Waals surface area contributed by atoms with Gasteiger partial charge in [0.25, 0.3) is 0 Å². The van der Waals surface area contributed by atoms with Gasteiger partial charge in [-0.2, -0.15) is 0 Å². The van der Waals surface area contributed by atoms with Crippen LogP contribution in [0.1, 0.15) is 19.4 Å². The minimum atomic E-state index is 0.393. The number of benzene rings is 1. The van der Waals surface area contributed by atoms with Crippen LogP contribution in [0.15, 0.2) is 29.8 Å². The van der Waals surface area contributed by atoms with Crippen molar-refractivity contribution in [3.05, 3.63) is 39.0 Å². The molecule has 0 bridgehead atoms. The maximum absolute atomic E-state index is 9.57. The van der Waals surface area contributed by atoms with E-state index in [1.165, 1.54) is 5.57 Å². The molecule has 0 spiro atoms. The fourth-order valence-electron chi connectivity index (χ4n) is 1.06. The van der Waals surface area contributed by atoms with Gasteiger partial charge in [0.1, 0.15) is 5.75 Å². The maximum atomic E-state index is 9.57. The summed E-state index contributed by atoms with van der Waals surface area (Å²) in [5.74, 6) is 0.393. The van der Waals surface area contributed by atoms with Gasteiger partial charge in [-0.15, -0.1) is 0 Å². The van der Waals surface area contributed by atoms with Crippen LogP contribution in [0, 0.1) is 3.57 Å². The highest BCUT2D eigenvalue weighted by Gasteiger charge is 2.02. The van der Waals surface area contributed by atoms with Crippen molar-refractivity contribution in [2.24, 2.45) is 0 Å². The van der Waals surface area contributed by atoms with E-state index in [2.05, 4.69) is 42.5 Å². The molecule has 1 aromatic carbocycles. The number of halogens is 1. The van der Waals surface area contributed by atoms with E-state index >= 15 is 0 Å². The average molecular weight is 288 g/mol. The number of phenols is 1. The molecule has 1 N–H and O–H groups in total. The summed E-state index contributed by atoms with van der Waals surface area (Å²) in [4.78, 5) is 0. The molecule has 0 aliphatic carbocycles. The molecule has 2 heteroatoms. The number of hydrogen-bond acceptors (Lipinski definition) is 1. The quantitative estimate of drug-likeness (QED) is 0.652. The summed E-state index contributed by atoms with van der Waals surface area (Å²) in [7, 11) is 0. The Hall–Kier alpha value is -0.510. The van der Waals surface area contributed by atoms with Crippen molar-refractivity contribution in [2.75, 3.05) is 0 Å². The Morgan fingerprint density at radius 2 is 2.15 bits per heavy atom. The normalized spacial score (nSPS) is 9.77. The average Bonchev–Trinajstić information content (AvgIpc) is 2.03. The van der Waals surface area contributed by atoms with Gasteiger partial charge in [-0.1, -0.05) is 17.7 Å². The minimum Gasteiger partial charge on any atom is -0.508 e. The van der Waals surface area contributed by atoms with Crippen LogP contribution in [0.4, 0.5) is 0 Å². The number of allylic oxidation sites excluding steroid dienone is 2. The Kier molecular flexibility index (Phi) is 3.78. The number of aromatic hydroxyl groups is 1. The van der Waals surface area contributed by atoms with E-state index in [0.717, 1.165) is 15.6 Å². The Labute approximate surface area is 92.6 Å². The first-order chi connectivity index (χ1) is 6.11. The fraction of sp³-hybridized carbons (Fsp3) is 0.273. The predicted molar refractivity (Wildman–Crippen MR) is 64.0 cm³/mol. The predicted octanol–water partition coefficient (Wildman–Crippen LogP) is 3.51. The number of rotatable bonds is 2. The number of hydrogen-bond donors (Lipinski definition) is 1. The Balaban J connectivity index is 2.94. The second kappa shape index (κ2) is 4.65. The lowest BCUT2D eigenvalue weighted by atomic mass is 10.1. The van der Waals surface area contributed by atoms with Crippen LogP contribution in [-0.2, 0) is 6.42 Å². The van der Waals surface area contributed by atoms with E-state index in [1.54, 1.807) is 6.07 Å². The molecule has 0 atom stereocenters. The van der Waals surface area contributed by atoms with E-state index < -0.39 is 0 Å². The number of phenolic OH excluding ortho intramolecular Hbond substituents is 1. The lowest BCUT2D eigenvalue weighted by Gasteiger charge is -2.04. The summed E-state index contributed by atoms with van der Waals surface area (Å²) < 4.78 is 1.12. The van der Waals surface area contributed by atoms with Gasteiger partial charge >= 0.3 is 0 Å². The summed E-state index contributed by atoms with van der Waals surface area (Å²) in [5.41, 5.74) is 2.29. The van der Waals surface area contributed by atoms with Gasteiger partial charge in [-0.3, -0.25) is 0 Å². The lowest BCUT2D eigenvalue weighted by molar-refractivity contribution is 0.469. The van der Waals surface area contributed by atoms with Gasteiger partial charge in [0.05, 0.1) is 0 Å². The Morgan fingerprint density at radius 1 is 1.46 bits per heavy atom. The van der Waals surface area contributed by atoms with Crippen molar-refractivity contribution in [3.63, 3.8) is 0 Å². The molecule has 1 nitrogen and oxygen atoms in total. The first-order valence-electron chi connectivity index (χ1n) is 4.21. The maximum Gasteiger partial charge on any atom is 0.120 e. The van der Waals surface area contributed by atoms with Crippen LogP contribution in [0.3, 0.4) is 0 Å². The van der Waals surface area contributed by atoms with E-state index in [-0.39, 0.29) is 0 Å². The highest BCUT2D eigenvalue weighted by Crippen LogP contribution is 2.23. The smallest absolute Gasteiger partial charge is 0.120 e. The van der Waals surface area contributed by atoms with E-state index in [4.69, 9.17) is 0 Å². The molecule has 13 heavy (non-hydrogen) atoms. The summed E-state index contributed by atoms with van der Waals surface area (Å²) in [6.07, 6.45) is 2.94. The molecular formula is C11H13IO. The van der Waals surface area contributed by atoms with Crippen molar-refractivity contribution in [1.29, 1.82) is 0 Å².